The number of aliphatic hydroxyl groups excluding tert-OH is 1. The normalized spacial score (nSPS) is 24.8. The van der Waals surface area contributed by atoms with Crippen LogP contribution in [0.1, 0.15) is 32.8 Å². The van der Waals surface area contributed by atoms with E-state index in [4.69, 9.17) is 30.1 Å². The van der Waals surface area contributed by atoms with Gasteiger partial charge < -0.3 is 24.4 Å². The number of benzene rings is 1. The molecule has 4 rings (SSSR count). The molecule has 0 spiro atoms. The summed E-state index contributed by atoms with van der Waals surface area (Å²) >= 11 is 6.23. The van der Waals surface area contributed by atoms with Gasteiger partial charge in [0.05, 0.1) is 24.9 Å². The maximum absolute atomic E-state index is 15.7. The average molecular weight is 615 g/mol. The number of nitrogens with zero attached hydrogens (tertiary/aromatic N) is 4. The summed E-state index contributed by atoms with van der Waals surface area (Å²) in [5.41, 5.74) is -1.23. The van der Waals surface area contributed by atoms with Gasteiger partial charge in [-0.2, -0.15) is 5.09 Å². The Morgan fingerprint density at radius 1 is 1.29 bits per heavy atom. The number of halogens is 2. The molecule has 224 valence electrons. The Hall–Kier alpha value is -2.87. The number of alkyl halides is 2. The van der Waals surface area contributed by atoms with Gasteiger partial charge in [-0.1, -0.05) is 18.2 Å². The molecular formula is C25H33ClFN6O7P. The van der Waals surface area contributed by atoms with Crippen LogP contribution in [0.2, 0.25) is 0 Å². The molecule has 1 aliphatic heterocycles. The minimum atomic E-state index is -4.36. The van der Waals surface area contributed by atoms with E-state index in [2.05, 4.69) is 25.4 Å². The Morgan fingerprint density at radius 2 is 2.00 bits per heavy atom. The van der Waals surface area contributed by atoms with Gasteiger partial charge in [-0.05, 0) is 39.8 Å². The van der Waals surface area contributed by atoms with Gasteiger partial charge in [-0.25, -0.2) is 23.9 Å². The number of nitrogens with one attached hydrogen (secondary N) is 2. The zero-order valence-electron chi connectivity index (χ0n) is 23.2. The summed E-state index contributed by atoms with van der Waals surface area (Å²) in [6.45, 7) is 5.77. The minimum absolute atomic E-state index is 0.169. The van der Waals surface area contributed by atoms with Crippen molar-refractivity contribution in [3.63, 3.8) is 0 Å². The third-order valence-corrected chi connectivity index (χ3v) is 8.32. The molecule has 13 nitrogen and oxygen atoms in total. The molecule has 0 unspecified atom stereocenters. The number of aryl methyl sites for hydroxylation is 1. The lowest BCUT2D eigenvalue weighted by Crippen LogP contribution is -2.48. The number of para-hydroxylation sites is 1. The standard InChI is InChI=1S/C25H33ClFN6O7P/c1-14(2)38-24(35)15(3)32-41(36,40-17-9-7-6-8-10-17)37-12-25(11-26)20(34)18(27)23(39-25)33-13-29-19-21(28-5)30-16(4)31-22(19)33/h6-10,13-15,18,20,23,34H,11-12H2,1-5H3,(H,32,36)(H,28,30,31)/t15-,18-,20-,23+,25+,41+/m0/s1. The van der Waals surface area contributed by atoms with Crippen molar-refractivity contribution in [3.05, 3.63) is 42.5 Å². The van der Waals surface area contributed by atoms with Gasteiger partial charge in [0.25, 0.3) is 0 Å². The minimum Gasteiger partial charge on any atom is -0.462 e. The van der Waals surface area contributed by atoms with E-state index in [9.17, 15) is 14.5 Å². The largest absolute Gasteiger partial charge is 0.462 e. The smallest absolute Gasteiger partial charge is 0.459 e. The number of esters is 1. The van der Waals surface area contributed by atoms with Gasteiger partial charge in [-0.3, -0.25) is 13.9 Å². The van der Waals surface area contributed by atoms with Crippen LogP contribution in [0, 0.1) is 6.92 Å². The molecule has 1 aliphatic rings. The quantitative estimate of drug-likeness (QED) is 0.155. The van der Waals surface area contributed by atoms with Crippen molar-refractivity contribution in [2.45, 2.75) is 63.9 Å². The van der Waals surface area contributed by atoms with Gasteiger partial charge >= 0.3 is 13.7 Å². The fourth-order valence-electron chi connectivity index (χ4n) is 4.21. The topological polar surface area (TPSA) is 159 Å². The number of rotatable bonds is 12. The Kier molecular flexibility index (Phi) is 9.52. The zero-order chi connectivity index (χ0) is 29.9. The summed E-state index contributed by atoms with van der Waals surface area (Å²) in [4.78, 5) is 25.3. The second kappa shape index (κ2) is 12.6. The molecule has 41 heavy (non-hydrogen) atoms. The maximum Gasteiger partial charge on any atom is 0.459 e. The Balaban J connectivity index is 1.61. The van der Waals surface area contributed by atoms with Crippen molar-refractivity contribution in [2.24, 2.45) is 0 Å². The predicted octanol–water partition coefficient (Wildman–Crippen LogP) is 3.52. The number of hydrogen-bond donors (Lipinski definition) is 3. The van der Waals surface area contributed by atoms with E-state index in [1.165, 1.54) is 30.0 Å². The number of aliphatic hydroxyl groups is 1. The number of carbonyl (C=O) groups excluding carboxylic acids is 1. The van der Waals surface area contributed by atoms with E-state index in [1.54, 1.807) is 46.0 Å². The SMILES string of the molecule is CNc1nc(C)nc2c1ncn2[C@@H]1O[C@](CCl)(CO[P@](=O)(N[C@@H](C)C(=O)OC(C)C)Oc2ccccc2)[C@@H](O)[C@@H]1F. The van der Waals surface area contributed by atoms with Crippen LogP contribution >= 0.6 is 19.3 Å². The fourth-order valence-corrected chi connectivity index (χ4v) is 6.06. The van der Waals surface area contributed by atoms with Crippen molar-refractivity contribution in [1.29, 1.82) is 0 Å². The number of hydrogen-bond acceptors (Lipinski definition) is 11. The van der Waals surface area contributed by atoms with Gasteiger partial charge in [-0.15, -0.1) is 11.6 Å². The molecule has 3 aromatic rings. The van der Waals surface area contributed by atoms with E-state index in [-0.39, 0.29) is 11.4 Å². The summed E-state index contributed by atoms with van der Waals surface area (Å²) in [5.74, 6) is -0.132. The molecule has 1 fully saturated rings. The van der Waals surface area contributed by atoms with E-state index in [0.29, 0.717) is 17.2 Å². The molecule has 3 N–H and O–H groups in total. The van der Waals surface area contributed by atoms with Crippen LogP contribution in [-0.4, -0.2) is 80.2 Å². The highest BCUT2D eigenvalue weighted by molar-refractivity contribution is 7.52. The van der Waals surface area contributed by atoms with Crippen molar-refractivity contribution in [1.82, 2.24) is 24.6 Å². The summed E-state index contributed by atoms with van der Waals surface area (Å²) in [5, 5.41) is 16.5. The lowest BCUT2D eigenvalue weighted by atomic mass is 9.99. The van der Waals surface area contributed by atoms with E-state index in [1.807, 2.05) is 0 Å². The molecule has 3 heterocycles. The number of imidazole rings is 1. The molecule has 1 saturated heterocycles. The lowest BCUT2D eigenvalue weighted by Gasteiger charge is -2.31. The Bertz CT molecular complexity index is 1420. The first-order valence-electron chi connectivity index (χ1n) is 12.8. The highest BCUT2D eigenvalue weighted by atomic mass is 35.5. The highest BCUT2D eigenvalue weighted by Crippen LogP contribution is 2.49. The summed E-state index contributed by atoms with van der Waals surface area (Å²) in [6.07, 6.45) is -4.30. The van der Waals surface area contributed by atoms with E-state index in [0.717, 1.165) is 0 Å². The fraction of sp³-hybridized carbons (Fsp3) is 0.520. The molecule has 6 atom stereocenters. The Morgan fingerprint density at radius 3 is 2.63 bits per heavy atom. The van der Waals surface area contributed by atoms with Crippen LogP contribution in [0.15, 0.2) is 36.7 Å². The third kappa shape index (κ3) is 6.63. The third-order valence-electron chi connectivity index (χ3n) is 6.24. The first kappa shape index (κ1) is 31.1. The molecular weight excluding hydrogens is 582 g/mol. The van der Waals surface area contributed by atoms with E-state index >= 15 is 4.39 Å². The number of ether oxygens (including phenoxy) is 2. The predicted molar refractivity (Wildman–Crippen MR) is 149 cm³/mol. The highest BCUT2D eigenvalue weighted by Gasteiger charge is 2.57. The van der Waals surface area contributed by atoms with E-state index < -0.39 is 62.5 Å². The molecule has 0 amide bonds. The van der Waals surface area contributed by atoms with Gasteiger partial charge in [0.15, 0.2) is 29.4 Å². The maximum atomic E-state index is 15.7. The summed E-state index contributed by atoms with van der Waals surface area (Å²) < 4.78 is 53.4. The number of fused-ring (bicyclic) bond motifs is 1. The lowest BCUT2D eigenvalue weighted by molar-refractivity contribution is -0.149. The first-order chi connectivity index (χ1) is 19.4. The van der Waals surface area contributed by atoms with Crippen molar-refractivity contribution < 1.29 is 37.4 Å². The van der Waals surface area contributed by atoms with Gasteiger partial charge in [0.2, 0.25) is 0 Å². The van der Waals surface area contributed by atoms with Crippen LogP contribution in [0.5, 0.6) is 5.75 Å². The number of aromatic nitrogens is 4. The molecule has 0 aliphatic carbocycles. The summed E-state index contributed by atoms with van der Waals surface area (Å²) in [7, 11) is -2.69. The molecule has 0 radical (unpaired) electrons. The van der Waals surface area contributed by atoms with Gasteiger partial charge in [0, 0.05) is 7.05 Å². The molecule has 0 saturated carbocycles. The molecule has 0 bridgehead atoms. The Labute approximate surface area is 241 Å². The average Bonchev–Trinajstić information content (AvgIpc) is 3.46. The van der Waals surface area contributed by atoms with Crippen LogP contribution in [0.25, 0.3) is 11.2 Å². The first-order valence-corrected chi connectivity index (χ1v) is 14.9. The second-order valence-electron chi connectivity index (χ2n) is 9.80. The molecule has 2 aromatic heterocycles. The van der Waals surface area contributed by atoms with Crippen molar-refractivity contribution in [3.8, 4) is 5.75 Å². The second-order valence-corrected chi connectivity index (χ2v) is 11.8. The zero-order valence-corrected chi connectivity index (χ0v) is 24.8. The van der Waals surface area contributed by atoms with Crippen LogP contribution in [0.3, 0.4) is 0 Å². The van der Waals surface area contributed by atoms with Crippen LogP contribution in [0.4, 0.5) is 10.2 Å². The number of anilines is 1. The van der Waals surface area contributed by atoms with Crippen LogP contribution in [-0.2, 0) is 23.4 Å². The van der Waals surface area contributed by atoms with Crippen LogP contribution < -0.4 is 14.9 Å². The monoisotopic (exact) mass is 614 g/mol. The van der Waals surface area contributed by atoms with Crippen molar-refractivity contribution in [2.75, 3.05) is 24.9 Å². The number of carbonyl (C=O) groups is 1. The molecule has 16 heteroatoms. The summed E-state index contributed by atoms with van der Waals surface area (Å²) in [6, 6.07) is 6.99. The van der Waals surface area contributed by atoms with Crippen molar-refractivity contribution >= 4 is 42.3 Å². The van der Waals surface area contributed by atoms with Gasteiger partial charge in [0.1, 0.15) is 29.3 Å². The molecule has 1 aromatic carbocycles.